The van der Waals surface area contributed by atoms with Crippen LogP contribution in [0, 0.1) is 0 Å². The Morgan fingerprint density at radius 3 is 2.60 bits per heavy atom. The van der Waals surface area contributed by atoms with E-state index in [1.807, 2.05) is 12.1 Å². The minimum atomic E-state index is -3.47. The normalized spacial score (nSPS) is 11.7. The Morgan fingerprint density at radius 1 is 1.25 bits per heavy atom. The van der Waals surface area contributed by atoms with Crippen LogP contribution < -0.4 is 10.5 Å². The van der Waals surface area contributed by atoms with Gasteiger partial charge in [0.15, 0.2) is 0 Å². The first-order valence-electron chi connectivity index (χ1n) is 6.28. The van der Waals surface area contributed by atoms with E-state index in [1.54, 1.807) is 23.8 Å². The highest BCUT2D eigenvalue weighted by atomic mass is 32.2. The second-order valence-electron chi connectivity index (χ2n) is 4.33. The number of rotatable bonds is 7. The van der Waals surface area contributed by atoms with Crippen LogP contribution in [-0.2, 0) is 23.0 Å². The largest absolute Gasteiger partial charge is 0.330 e. The van der Waals surface area contributed by atoms with Gasteiger partial charge in [-0.1, -0.05) is 12.1 Å². The molecule has 0 spiro atoms. The Balaban J connectivity index is 2.01. The minimum Gasteiger partial charge on any atom is -0.330 e. The first-order chi connectivity index (χ1) is 9.62. The lowest BCUT2D eigenvalue weighted by atomic mass is 10.1. The van der Waals surface area contributed by atoms with Gasteiger partial charge in [-0.25, -0.2) is 13.1 Å². The van der Waals surface area contributed by atoms with E-state index >= 15 is 0 Å². The van der Waals surface area contributed by atoms with E-state index in [9.17, 15) is 8.42 Å². The average Bonchev–Trinajstić information content (AvgIpc) is 2.97. The molecule has 1 aromatic carbocycles. The van der Waals surface area contributed by atoms with E-state index in [0.717, 1.165) is 23.3 Å². The van der Waals surface area contributed by atoms with Crippen molar-refractivity contribution in [2.24, 2.45) is 5.73 Å². The standard InChI is InChI=1S/C13H17N3O2S2/c14-7-1-2-11-3-5-13(6-4-11)20(17,18)16-9-12-8-15-10-19-12/h3-6,8,10,16H,1-2,7,9,14H2. The smallest absolute Gasteiger partial charge is 0.240 e. The van der Waals surface area contributed by atoms with E-state index in [2.05, 4.69) is 9.71 Å². The summed E-state index contributed by atoms with van der Waals surface area (Å²) in [4.78, 5) is 5.07. The molecule has 5 nitrogen and oxygen atoms in total. The van der Waals surface area contributed by atoms with Crippen LogP contribution in [0.5, 0.6) is 0 Å². The van der Waals surface area contributed by atoms with Gasteiger partial charge in [0.05, 0.1) is 10.4 Å². The van der Waals surface area contributed by atoms with Gasteiger partial charge in [0, 0.05) is 17.6 Å². The molecule has 0 radical (unpaired) electrons. The van der Waals surface area contributed by atoms with Crippen LogP contribution in [0.3, 0.4) is 0 Å². The summed E-state index contributed by atoms with van der Waals surface area (Å²) in [5.74, 6) is 0. The summed E-state index contributed by atoms with van der Waals surface area (Å²) in [6, 6.07) is 6.91. The molecule has 2 rings (SSSR count). The summed E-state index contributed by atoms with van der Waals surface area (Å²) in [7, 11) is -3.47. The highest BCUT2D eigenvalue weighted by Crippen LogP contribution is 2.13. The Morgan fingerprint density at radius 2 is 2.00 bits per heavy atom. The number of aromatic nitrogens is 1. The van der Waals surface area contributed by atoms with Gasteiger partial charge in [-0.05, 0) is 37.1 Å². The van der Waals surface area contributed by atoms with Crippen molar-refractivity contribution >= 4 is 21.4 Å². The summed E-state index contributed by atoms with van der Waals surface area (Å²) in [6.07, 6.45) is 3.42. The molecule has 0 fully saturated rings. The number of benzene rings is 1. The highest BCUT2D eigenvalue weighted by Gasteiger charge is 2.13. The minimum absolute atomic E-state index is 0.266. The van der Waals surface area contributed by atoms with Crippen LogP contribution in [0.1, 0.15) is 16.9 Å². The zero-order valence-corrected chi connectivity index (χ0v) is 12.6. The maximum atomic E-state index is 12.1. The molecule has 0 bridgehead atoms. The molecule has 0 aliphatic heterocycles. The van der Waals surface area contributed by atoms with Crippen molar-refractivity contribution in [2.45, 2.75) is 24.3 Å². The lowest BCUT2D eigenvalue weighted by Crippen LogP contribution is -2.22. The third-order valence-electron chi connectivity index (χ3n) is 2.82. The van der Waals surface area contributed by atoms with Crippen molar-refractivity contribution in [1.82, 2.24) is 9.71 Å². The molecule has 0 atom stereocenters. The summed E-state index contributed by atoms with van der Waals surface area (Å²) >= 11 is 1.42. The third-order valence-corrected chi connectivity index (χ3v) is 5.02. The Kier molecular flexibility index (Phi) is 5.24. The second kappa shape index (κ2) is 6.94. The van der Waals surface area contributed by atoms with Crippen LogP contribution in [-0.4, -0.2) is 19.9 Å². The van der Waals surface area contributed by atoms with Crippen LogP contribution in [0.25, 0.3) is 0 Å². The van der Waals surface area contributed by atoms with Gasteiger partial charge < -0.3 is 5.73 Å². The molecule has 3 N–H and O–H groups in total. The summed E-state index contributed by atoms with van der Waals surface area (Å²) in [5.41, 5.74) is 8.22. The molecule has 108 valence electrons. The van der Waals surface area contributed by atoms with Gasteiger partial charge in [-0.2, -0.15) is 0 Å². The molecule has 0 aliphatic rings. The van der Waals surface area contributed by atoms with Gasteiger partial charge in [0.25, 0.3) is 0 Å². The molecule has 7 heteroatoms. The number of nitrogens with two attached hydrogens (primary N) is 1. The van der Waals surface area contributed by atoms with Crippen molar-refractivity contribution in [2.75, 3.05) is 6.54 Å². The lowest BCUT2D eigenvalue weighted by molar-refractivity contribution is 0.581. The molecule has 20 heavy (non-hydrogen) atoms. The first-order valence-corrected chi connectivity index (χ1v) is 8.64. The number of aryl methyl sites for hydroxylation is 1. The fourth-order valence-corrected chi connectivity index (χ4v) is 3.35. The van der Waals surface area contributed by atoms with Crippen molar-refractivity contribution in [1.29, 1.82) is 0 Å². The quantitative estimate of drug-likeness (QED) is 0.812. The first kappa shape index (κ1) is 15.1. The van der Waals surface area contributed by atoms with Gasteiger partial charge in [-0.15, -0.1) is 11.3 Å². The van der Waals surface area contributed by atoms with Crippen molar-refractivity contribution in [3.8, 4) is 0 Å². The van der Waals surface area contributed by atoms with E-state index in [4.69, 9.17) is 5.73 Å². The fraction of sp³-hybridized carbons (Fsp3) is 0.308. The van der Waals surface area contributed by atoms with Crippen LogP contribution in [0.15, 0.2) is 40.9 Å². The predicted octanol–water partition coefficient (Wildman–Crippen LogP) is 1.51. The third kappa shape index (κ3) is 4.11. The average molecular weight is 311 g/mol. The molecule has 0 saturated carbocycles. The number of hydrogen-bond donors (Lipinski definition) is 2. The lowest BCUT2D eigenvalue weighted by Gasteiger charge is -2.06. The summed E-state index contributed by atoms with van der Waals surface area (Å²) in [5, 5.41) is 0. The predicted molar refractivity (Wildman–Crippen MR) is 80.0 cm³/mol. The number of nitrogens with one attached hydrogen (secondary N) is 1. The van der Waals surface area contributed by atoms with Crippen molar-refractivity contribution < 1.29 is 8.42 Å². The van der Waals surface area contributed by atoms with E-state index in [1.165, 1.54) is 11.3 Å². The zero-order valence-electron chi connectivity index (χ0n) is 11.0. The molecule has 1 heterocycles. The van der Waals surface area contributed by atoms with E-state index in [0.29, 0.717) is 6.54 Å². The maximum Gasteiger partial charge on any atom is 0.240 e. The molecular formula is C13H17N3O2S2. The molecule has 0 unspecified atom stereocenters. The second-order valence-corrected chi connectivity index (χ2v) is 7.07. The van der Waals surface area contributed by atoms with E-state index < -0.39 is 10.0 Å². The van der Waals surface area contributed by atoms with Gasteiger partial charge in [0.1, 0.15) is 0 Å². The van der Waals surface area contributed by atoms with Gasteiger partial charge in [0.2, 0.25) is 10.0 Å². The zero-order chi connectivity index (χ0) is 14.4. The van der Waals surface area contributed by atoms with Crippen LogP contribution in [0.2, 0.25) is 0 Å². The molecule has 2 aromatic rings. The Bertz CT molecular complexity index is 622. The van der Waals surface area contributed by atoms with Gasteiger partial charge in [-0.3, -0.25) is 4.98 Å². The SMILES string of the molecule is NCCCc1ccc(S(=O)(=O)NCc2cncs2)cc1. The number of thiazole rings is 1. The monoisotopic (exact) mass is 311 g/mol. The topological polar surface area (TPSA) is 85.1 Å². The van der Waals surface area contributed by atoms with Crippen molar-refractivity contribution in [3.63, 3.8) is 0 Å². The fourth-order valence-electron chi connectivity index (χ4n) is 1.72. The highest BCUT2D eigenvalue weighted by molar-refractivity contribution is 7.89. The van der Waals surface area contributed by atoms with E-state index in [-0.39, 0.29) is 11.4 Å². The molecule has 0 aliphatic carbocycles. The molecule has 0 amide bonds. The van der Waals surface area contributed by atoms with Crippen LogP contribution >= 0.6 is 11.3 Å². The van der Waals surface area contributed by atoms with Crippen LogP contribution in [0.4, 0.5) is 0 Å². The molecular weight excluding hydrogens is 294 g/mol. The molecule has 0 saturated heterocycles. The Hall–Kier alpha value is -1.28. The summed E-state index contributed by atoms with van der Waals surface area (Å²) < 4.78 is 26.8. The molecule has 1 aromatic heterocycles. The Labute approximate surface area is 122 Å². The number of sulfonamides is 1. The summed E-state index contributed by atoms with van der Waals surface area (Å²) in [6.45, 7) is 0.901. The van der Waals surface area contributed by atoms with Crippen molar-refractivity contribution in [3.05, 3.63) is 46.4 Å². The number of nitrogens with zero attached hydrogens (tertiary/aromatic N) is 1. The van der Waals surface area contributed by atoms with Gasteiger partial charge >= 0.3 is 0 Å². The number of hydrogen-bond acceptors (Lipinski definition) is 5. The maximum absolute atomic E-state index is 12.1.